The molecule has 0 N–H and O–H groups in total. The summed E-state index contributed by atoms with van der Waals surface area (Å²) >= 11 is 0. The van der Waals surface area contributed by atoms with Crippen LogP contribution in [0.3, 0.4) is 0 Å². The summed E-state index contributed by atoms with van der Waals surface area (Å²) in [6.45, 7) is 1.12. The Hall–Kier alpha value is -2.34. The van der Waals surface area contributed by atoms with Crippen molar-refractivity contribution in [2.45, 2.75) is 25.7 Å². The van der Waals surface area contributed by atoms with Crippen molar-refractivity contribution in [3.8, 4) is 0 Å². The van der Waals surface area contributed by atoms with Gasteiger partial charge in [0.2, 0.25) is 15.9 Å². The van der Waals surface area contributed by atoms with E-state index < -0.39 is 10.0 Å². The Labute approximate surface area is 154 Å². The maximum atomic E-state index is 12.9. The predicted molar refractivity (Wildman–Crippen MR) is 103 cm³/mol. The van der Waals surface area contributed by atoms with Gasteiger partial charge in [-0.25, -0.2) is 8.42 Å². The first kappa shape index (κ1) is 17.1. The lowest BCUT2D eigenvalue weighted by molar-refractivity contribution is -0.118. The highest BCUT2D eigenvalue weighted by molar-refractivity contribution is 7.92. The molecule has 136 valence electrons. The lowest BCUT2D eigenvalue weighted by Gasteiger charge is -2.30. The second-order valence-corrected chi connectivity index (χ2v) is 8.81. The summed E-state index contributed by atoms with van der Waals surface area (Å²) in [6.07, 6.45) is 2.54. The van der Waals surface area contributed by atoms with Crippen molar-refractivity contribution in [1.82, 2.24) is 0 Å². The van der Waals surface area contributed by atoms with Gasteiger partial charge < -0.3 is 4.90 Å². The van der Waals surface area contributed by atoms with Gasteiger partial charge in [-0.15, -0.1) is 0 Å². The van der Waals surface area contributed by atoms with E-state index in [4.69, 9.17) is 0 Å². The van der Waals surface area contributed by atoms with Gasteiger partial charge in [-0.2, -0.15) is 0 Å². The van der Waals surface area contributed by atoms with Crippen molar-refractivity contribution in [3.63, 3.8) is 0 Å². The molecule has 2 aromatic rings. The zero-order valence-electron chi connectivity index (χ0n) is 14.6. The summed E-state index contributed by atoms with van der Waals surface area (Å²) in [5.74, 6) is -0.275. The molecular formula is C20H22N2O3S. The van der Waals surface area contributed by atoms with Crippen molar-refractivity contribution in [2.24, 2.45) is 0 Å². The molecule has 0 unspecified atom stereocenters. The Kier molecular flexibility index (Phi) is 4.44. The van der Waals surface area contributed by atoms with Gasteiger partial charge in [0.25, 0.3) is 0 Å². The average Bonchev–Trinajstić information content (AvgIpc) is 3.10. The van der Waals surface area contributed by atoms with Crippen molar-refractivity contribution in [3.05, 3.63) is 59.7 Å². The second kappa shape index (κ2) is 6.76. The zero-order chi connectivity index (χ0) is 18.1. The quantitative estimate of drug-likeness (QED) is 0.832. The Morgan fingerprint density at radius 3 is 2.31 bits per heavy atom. The minimum absolute atomic E-state index is 0.00926. The average molecular weight is 370 g/mol. The molecule has 6 heteroatoms. The summed E-state index contributed by atoms with van der Waals surface area (Å²) in [4.78, 5) is 14.3. The molecule has 0 bridgehead atoms. The first-order valence-electron chi connectivity index (χ1n) is 9.03. The van der Waals surface area contributed by atoms with Crippen LogP contribution in [-0.2, 0) is 27.7 Å². The van der Waals surface area contributed by atoms with E-state index in [-0.39, 0.29) is 18.1 Å². The van der Waals surface area contributed by atoms with Gasteiger partial charge in [-0.3, -0.25) is 9.10 Å². The molecule has 0 atom stereocenters. The molecule has 0 aromatic heterocycles. The molecule has 2 aliphatic rings. The van der Waals surface area contributed by atoms with Gasteiger partial charge in [0.15, 0.2) is 0 Å². The Balaban J connectivity index is 1.47. The third kappa shape index (κ3) is 3.09. The monoisotopic (exact) mass is 370 g/mol. The number of amides is 1. The standard InChI is InChI=1S/C20H22N2O3S/c23-20(21-14-11-17-7-1-3-9-18(17)21)12-15-26(24,25)22-13-5-8-16-6-2-4-10-19(16)22/h1-4,6-7,9-10H,5,8,11-15H2. The lowest BCUT2D eigenvalue weighted by atomic mass is 10.0. The molecule has 0 aliphatic carbocycles. The largest absolute Gasteiger partial charge is 0.312 e. The van der Waals surface area contributed by atoms with E-state index in [0.717, 1.165) is 41.8 Å². The van der Waals surface area contributed by atoms with Gasteiger partial charge in [-0.05, 0) is 42.5 Å². The number of rotatable bonds is 4. The maximum absolute atomic E-state index is 12.9. The van der Waals surface area contributed by atoms with E-state index in [1.807, 2.05) is 48.5 Å². The number of carbonyl (C=O) groups excluding carboxylic acids is 1. The topological polar surface area (TPSA) is 57.7 Å². The highest BCUT2D eigenvalue weighted by Gasteiger charge is 2.30. The lowest BCUT2D eigenvalue weighted by Crippen LogP contribution is -2.39. The molecule has 0 saturated carbocycles. The van der Waals surface area contributed by atoms with Gasteiger partial charge in [0, 0.05) is 25.2 Å². The van der Waals surface area contributed by atoms with Gasteiger partial charge in [-0.1, -0.05) is 36.4 Å². The molecule has 2 heterocycles. The number of fused-ring (bicyclic) bond motifs is 2. The van der Waals surface area contributed by atoms with Crippen molar-refractivity contribution < 1.29 is 13.2 Å². The molecule has 0 spiro atoms. The second-order valence-electron chi connectivity index (χ2n) is 6.79. The summed E-state index contributed by atoms with van der Waals surface area (Å²) in [5, 5.41) is 0. The Morgan fingerprint density at radius 1 is 0.885 bits per heavy atom. The van der Waals surface area contributed by atoms with Crippen molar-refractivity contribution in [2.75, 3.05) is 28.0 Å². The van der Waals surface area contributed by atoms with E-state index in [1.54, 1.807) is 4.90 Å². The molecule has 0 fully saturated rings. The normalized spacial score (nSPS) is 16.3. The number of benzene rings is 2. The summed E-state index contributed by atoms with van der Waals surface area (Å²) in [6, 6.07) is 15.4. The SMILES string of the molecule is O=C(CCS(=O)(=O)N1CCCc2ccccc21)N1CCc2ccccc21. The molecule has 4 rings (SSSR count). The van der Waals surface area contributed by atoms with E-state index >= 15 is 0 Å². The van der Waals surface area contributed by atoms with E-state index in [1.165, 1.54) is 4.31 Å². The molecule has 1 amide bonds. The Bertz CT molecular complexity index is 940. The van der Waals surface area contributed by atoms with Crippen LogP contribution in [0.4, 0.5) is 11.4 Å². The molecule has 26 heavy (non-hydrogen) atoms. The van der Waals surface area contributed by atoms with Crippen LogP contribution >= 0.6 is 0 Å². The first-order valence-corrected chi connectivity index (χ1v) is 10.6. The van der Waals surface area contributed by atoms with Crippen LogP contribution in [0.2, 0.25) is 0 Å². The zero-order valence-corrected chi connectivity index (χ0v) is 15.4. The molecule has 0 saturated heterocycles. The van der Waals surface area contributed by atoms with Crippen LogP contribution in [0.5, 0.6) is 0 Å². The summed E-state index contributed by atoms with van der Waals surface area (Å²) in [5.41, 5.74) is 3.88. The van der Waals surface area contributed by atoms with Crippen LogP contribution in [0.15, 0.2) is 48.5 Å². The maximum Gasteiger partial charge on any atom is 0.235 e. The summed E-state index contributed by atoms with van der Waals surface area (Å²) in [7, 11) is -3.51. The fourth-order valence-corrected chi connectivity index (χ4v) is 5.38. The molecule has 0 radical (unpaired) electrons. The number of aryl methyl sites for hydroxylation is 1. The van der Waals surface area contributed by atoms with Crippen LogP contribution in [0, 0.1) is 0 Å². The minimum atomic E-state index is -3.51. The van der Waals surface area contributed by atoms with Gasteiger partial charge in [0.05, 0.1) is 11.4 Å². The van der Waals surface area contributed by atoms with Crippen LogP contribution in [0.1, 0.15) is 24.0 Å². The fourth-order valence-electron chi connectivity index (χ4n) is 3.85. The predicted octanol–water partition coefficient (Wildman–Crippen LogP) is 2.75. The molecule has 2 aromatic carbocycles. The third-order valence-corrected chi connectivity index (χ3v) is 6.94. The highest BCUT2D eigenvalue weighted by Crippen LogP contribution is 2.30. The number of para-hydroxylation sites is 2. The Morgan fingerprint density at radius 2 is 1.54 bits per heavy atom. The summed E-state index contributed by atoms with van der Waals surface area (Å²) < 4.78 is 27.2. The fraction of sp³-hybridized carbons (Fsp3) is 0.350. The van der Waals surface area contributed by atoms with E-state index in [2.05, 4.69) is 0 Å². The van der Waals surface area contributed by atoms with Crippen LogP contribution in [0.25, 0.3) is 0 Å². The van der Waals surface area contributed by atoms with Crippen molar-refractivity contribution >= 4 is 27.3 Å². The van der Waals surface area contributed by atoms with Crippen molar-refractivity contribution in [1.29, 1.82) is 0 Å². The van der Waals surface area contributed by atoms with E-state index in [9.17, 15) is 13.2 Å². The number of sulfonamides is 1. The van der Waals surface area contributed by atoms with Gasteiger partial charge in [0.1, 0.15) is 0 Å². The van der Waals surface area contributed by atoms with E-state index in [0.29, 0.717) is 13.1 Å². The minimum Gasteiger partial charge on any atom is -0.312 e. The van der Waals surface area contributed by atoms with Crippen LogP contribution in [-0.4, -0.2) is 33.2 Å². The molecule has 2 aliphatic heterocycles. The highest BCUT2D eigenvalue weighted by atomic mass is 32.2. The molecule has 5 nitrogen and oxygen atoms in total. The van der Waals surface area contributed by atoms with Crippen LogP contribution < -0.4 is 9.21 Å². The number of carbonyl (C=O) groups is 1. The molecular weight excluding hydrogens is 348 g/mol. The number of hydrogen-bond donors (Lipinski definition) is 0. The first-order chi connectivity index (χ1) is 12.6. The number of hydrogen-bond acceptors (Lipinski definition) is 3. The smallest absolute Gasteiger partial charge is 0.235 e. The third-order valence-electron chi connectivity index (χ3n) is 5.17. The number of nitrogens with zero attached hydrogens (tertiary/aromatic N) is 2. The number of anilines is 2. The van der Waals surface area contributed by atoms with Gasteiger partial charge >= 0.3 is 0 Å².